The number of fused-ring (bicyclic) bond motifs is 1. The van der Waals surface area contributed by atoms with Crippen LogP contribution in [-0.4, -0.2) is 48.6 Å². The van der Waals surface area contributed by atoms with Gasteiger partial charge in [-0.2, -0.15) is 4.31 Å². The maximum atomic E-state index is 13.9. The van der Waals surface area contributed by atoms with Gasteiger partial charge >= 0.3 is 6.03 Å². The van der Waals surface area contributed by atoms with E-state index >= 15 is 0 Å². The van der Waals surface area contributed by atoms with Gasteiger partial charge in [0.25, 0.3) is 10.0 Å². The molecule has 3 aromatic rings. The van der Waals surface area contributed by atoms with E-state index in [4.69, 9.17) is 11.1 Å². The van der Waals surface area contributed by atoms with Crippen molar-refractivity contribution in [1.29, 1.82) is 5.41 Å². The Labute approximate surface area is 209 Å². The van der Waals surface area contributed by atoms with E-state index in [0.29, 0.717) is 54.5 Å². The molecular weight excluding hydrogens is 482 g/mol. The summed E-state index contributed by atoms with van der Waals surface area (Å²) in [5.74, 6) is -0.0503. The Morgan fingerprint density at radius 1 is 0.971 bits per heavy atom. The molecule has 1 saturated heterocycles. The van der Waals surface area contributed by atoms with E-state index in [1.165, 1.54) is 15.6 Å². The minimum atomic E-state index is -3.50. The summed E-state index contributed by atoms with van der Waals surface area (Å²) in [4.78, 5) is 17.5. The lowest BCUT2D eigenvalue weighted by Gasteiger charge is -2.39. The van der Waals surface area contributed by atoms with E-state index in [2.05, 4.69) is 0 Å². The third-order valence-electron chi connectivity index (χ3n) is 6.69. The normalized spacial score (nSPS) is 17.8. The van der Waals surface area contributed by atoms with Crippen LogP contribution in [0.15, 0.2) is 70.3 Å². The molecule has 1 aromatic heterocycles. The number of nitrogen functional groups attached to an aromatic ring is 1. The lowest BCUT2D eigenvalue weighted by molar-refractivity contribution is 0.147. The number of amides is 2. The maximum Gasteiger partial charge on any atom is 0.325 e. The number of nitrogens with two attached hydrogens (primary N) is 1. The molecule has 35 heavy (non-hydrogen) atoms. The van der Waals surface area contributed by atoms with Crippen molar-refractivity contribution in [2.45, 2.75) is 36.2 Å². The molecule has 0 unspecified atom stereocenters. The van der Waals surface area contributed by atoms with E-state index < -0.39 is 10.0 Å². The number of urea groups is 1. The SMILES string of the molecule is N=C(N)c1cccc(N2Cc3ccccc3CN(C3CCN(S(=O)(=O)c4cccs4)CC3)C2=O)c1. The lowest BCUT2D eigenvalue weighted by Crippen LogP contribution is -2.51. The third kappa shape index (κ3) is 4.56. The highest BCUT2D eigenvalue weighted by atomic mass is 32.2. The molecule has 10 heteroatoms. The van der Waals surface area contributed by atoms with Crippen molar-refractivity contribution in [3.63, 3.8) is 0 Å². The number of hydrogen-bond acceptors (Lipinski definition) is 5. The van der Waals surface area contributed by atoms with E-state index in [0.717, 1.165) is 11.1 Å². The number of sulfonamides is 1. The Morgan fingerprint density at radius 2 is 1.69 bits per heavy atom. The van der Waals surface area contributed by atoms with Crippen LogP contribution in [0.4, 0.5) is 10.5 Å². The lowest BCUT2D eigenvalue weighted by atomic mass is 10.0. The quantitative estimate of drug-likeness (QED) is 0.402. The topological polar surface area (TPSA) is 111 Å². The fraction of sp³-hybridized carbons (Fsp3) is 0.280. The largest absolute Gasteiger partial charge is 0.384 e. The van der Waals surface area contributed by atoms with Gasteiger partial charge < -0.3 is 10.6 Å². The number of piperidine rings is 1. The number of benzene rings is 2. The zero-order valence-electron chi connectivity index (χ0n) is 19.1. The summed E-state index contributed by atoms with van der Waals surface area (Å²) in [7, 11) is -3.50. The first-order valence-corrected chi connectivity index (χ1v) is 13.8. The molecule has 3 heterocycles. The van der Waals surface area contributed by atoms with Gasteiger partial charge in [0, 0.05) is 36.9 Å². The highest BCUT2D eigenvalue weighted by Gasteiger charge is 2.37. The molecule has 182 valence electrons. The highest BCUT2D eigenvalue weighted by molar-refractivity contribution is 7.91. The van der Waals surface area contributed by atoms with Crippen molar-refractivity contribution < 1.29 is 13.2 Å². The monoisotopic (exact) mass is 509 g/mol. The van der Waals surface area contributed by atoms with E-state index in [9.17, 15) is 13.2 Å². The second kappa shape index (κ2) is 9.44. The second-order valence-corrected chi connectivity index (χ2v) is 11.9. The number of nitrogens with one attached hydrogen (secondary N) is 1. The predicted molar refractivity (Wildman–Crippen MR) is 137 cm³/mol. The predicted octanol–water partition coefficient (Wildman–Crippen LogP) is 3.83. The Kier molecular flexibility index (Phi) is 6.35. The van der Waals surface area contributed by atoms with Crippen LogP contribution in [0.5, 0.6) is 0 Å². The molecule has 0 aliphatic carbocycles. The summed E-state index contributed by atoms with van der Waals surface area (Å²) in [6.45, 7) is 1.63. The van der Waals surface area contributed by atoms with Gasteiger partial charge in [-0.1, -0.05) is 42.5 Å². The van der Waals surface area contributed by atoms with Crippen LogP contribution < -0.4 is 10.6 Å². The van der Waals surface area contributed by atoms with Crippen LogP contribution >= 0.6 is 11.3 Å². The van der Waals surface area contributed by atoms with Crippen LogP contribution in [0.1, 0.15) is 29.5 Å². The van der Waals surface area contributed by atoms with Crippen molar-refractivity contribution in [3.05, 3.63) is 82.7 Å². The van der Waals surface area contributed by atoms with Crippen LogP contribution in [0.25, 0.3) is 0 Å². The van der Waals surface area contributed by atoms with Crippen LogP contribution in [0, 0.1) is 5.41 Å². The molecule has 5 rings (SSSR count). The van der Waals surface area contributed by atoms with Gasteiger partial charge in [-0.15, -0.1) is 11.3 Å². The first kappa shape index (κ1) is 23.5. The maximum absolute atomic E-state index is 13.9. The molecule has 2 aliphatic rings. The number of nitrogens with zero attached hydrogens (tertiary/aromatic N) is 3. The molecule has 2 aromatic carbocycles. The molecular formula is C25H27N5O3S2. The summed E-state index contributed by atoms with van der Waals surface area (Å²) in [6.07, 6.45) is 1.14. The van der Waals surface area contributed by atoms with Crippen molar-refractivity contribution >= 4 is 38.9 Å². The Hall–Kier alpha value is -3.21. The van der Waals surface area contributed by atoms with Crippen LogP contribution in [0.2, 0.25) is 0 Å². The van der Waals surface area contributed by atoms with Gasteiger partial charge in [0.2, 0.25) is 0 Å². The Balaban J connectivity index is 1.42. The molecule has 3 N–H and O–H groups in total. The van der Waals surface area contributed by atoms with Crippen LogP contribution in [0.3, 0.4) is 0 Å². The van der Waals surface area contributed by atoms with Gasteiger partial charge in [-0.25, -0.2) is 13.2 Å². The van der Waals surface area contributed by atoms with Crippen LogP contribution in [-0.2, 0) is 23.1 Å². The van der Waals surface area contributed by atoms with E-state index in [-0.39, 0.29) is 17.9 Å². The van der Waals surface area contributed by atoms with Gasteiger partial charge in [-0.05, 0) is 47.5 Å². The molecule has 0 bridgehead atoms. The smallest absolute Gasteiger partial charge is 0.325 e. The average Bonchev–Trinajstić information content (AvgIpc) is 3.38. The highest BCUT2D eigenvalue weighted by Crippen LogP contribution is 2.31. The number of carbonyl (C=O) groups is 1. The molecule has 0 radical (unpaired) electrons. The number of thiophene rings is 1. The minimum absolute atomic E-state index is 0.0503. The molecule has 0 atom stereocenters. The number of amidine groups is 1. The molecule has 1 fully saturated rings. The first-order chi connectivity index (χ1) is 16.8. The van der Waals surface area contributed by atoms with Crippen molar-refractivity contribution in [3.8, 4) is 0 Å². The Bertz CT molecular complexity index is 1350. The van der Waals surface area contributed by atoms with Gasteiger partial charge in [0.1, 0.15) is 10.0 Å². The molecule has 0 spiro atoms. The summed E-state index contributed by atoms with van der Waals surface area (Å²) >= 11 is 1.22. The summed E-state index contributed by atoms with van der Waals surface area (Å²) in [5, 5.41) is 9.56. The molecule has 2 amide bonds. The zero-order valence-corrected chi connectivity index (χ0v) is 20.8. The fourth-order valence-corrected chi connectivity index (χ4v) is 7.38. The van der Waals surface area contributed by atoms with Gasteiger partial charge in [0.05, 0.1) is 6.54 Å². The molecule has 0 saturated carbocycles. The van der Waals surface area contributed by atoms with Gasteiger partial charge in [-0.3, -0.25) is 10.3 Å². The van der Waals surface area contributed by atoms with E-state index in [1.54, 1.807) is 40.6 Å². The summed E-state index contributed by atoms with van der Waals surface area (Å²) < 4.78 is 27.8. The molecule has 8 nitrogen and oxygen atoms in total. The zero-order chi connectivity index (χ0) is 24.6. The second-order valence-electron chi connectivity index (χ2n) is 8.80. The third-order valence-corrected chi connectivity index (χ3v) is 9.96. The van der Waals surface area contributed by atoms with Gasteiger partial charge in [0.15, 0.2) is 0 Å². The number of rotatable bonds is 5. The number of hydrogen-bond donors (Lipinski definition) is 2. The summed E-state index contributed by atoms with van der Waals surface area (Å²) in [6, 6.07) is 18.4. The fourth-order valence-electron chi connectivity index (χ4n) is 4.77. The van der Waals surface area contributed by atoms with E-state index in [1.807, 2.05) is 35.2 Å². The number of carbonyl (C=O) groups excluding carboxylic acids is 1. The number of anilines is 1. The first-order valence-electron chi connectivity index (χ1n) is 11.5. The van der Waals surface area contributed by atoms with Crippen molar-refractivity contribution in [2.24, 2.45) is 5.73 Å². The summed E-state index contributed by atoms with van der Waals surface area (Å²) in [5.41, 5.74) is 9.09. The molecule has 2 aliphatic heterocycles. The van der Waals surface area contributed by atoms with Crippen molar-refractivity contribution in [1.82, 2.24) is 9.21 Å². The minimum Gasteiger partial charge on any atom is -0.384 e. The Morgan fingerprint density at radius 3 is 2.34 bits per heavy atom. The van der Waals surface area contributed by atoms with Crippen molar-refractivity contribution in [2.75, 3.05) is 18.0 Å². The average molecular weight is 510 g/mol. The standard InChI is InChI=1S/C25H27N5O3S2/c26-24(27)18-7-3-8-22(15-18)30-17-20-6-2-1-5-19(20)16-29(25(30)31)21-10-12-28(13-11-21)35(32,33)23-9-4-14-34-23/h1-9,14-15,21H,10-13,16-17H2,(H3,26,27).